The van der Waals surface area contributed by atoms with E-state index < -0.39 is 0 Å². The number of hydrogen-bond acceptors (Lipinski definition) is 4. The topological polar surface area (TPSA) is 38.7 Å². The SMILES string of the molecule is COc1c(OC2CCSCC2)cccc1C(C)(C)CO. The van der Waals surface area contributed by atoms with Gasteiger partial charge in [0.15, 0.2) is 11.5 Å². The summed E-state index contributed by atoms with van der Waals surface area (Å²) in [5.74, 6) is 3.87. The lowest BCUT2D eigenvalue weighted by molar-refractivity contribution is 0.180. The molecule has 1 aromatic carbocycles. The average Bonchev–Trinajstić information content (AvgIpc) is 2.48. The normalized spacial score (nSPS) is 17.0. The molecule has 1 aliphatic rings. The first-order chi connectivity index (χ1) is 9.58. The van der Waals surface area contributed by atoms with Gasteiger partial charge in [0.05, 0.1) is 13.7 Å². The number of aliphatic hydroxyl groups excluding tert-OH is 1. The van der Waals surface area contributed by atoms with Crippen molar-refractivity contribution in [2.75, 3.05) is 25.2 Å². The van der Waals surface area contributed by atoms with Gasteiger partial charge in [-0.3, -0.25) is 0 Å². The predicted molar refractivity (Wildman–Crippen MR) is 84.1 cm³/mol. The molecule has 1 aliphatic heterocycles. The summed E-state index contributed by atoms with van der Waals surface area (Å²) in [6.07, 6.45) is 2.45. The molecule has 1 N–H and O–H groups in total. The summed E-state index contributed by atoms with van der Waals surface area (Å²) in [6, 6.07) is 5.93. The van der Waals surface area contributed by atoms with E-state index in [0.29, 0.717) is 0 Å². The van der Waals surface area contributed by atoms with Crippen LogP contribution in [0.1, 0.15) is 32.3 Å². The second kappa shape index (κ2) is 6.72. The fourth-order valence-corrected chi connectivity index (χ4v) is 3.47. The second-order valence-electron chi connectivity index (χ2n) is 5.81. The molecule has 1 heterocycles. The minimum absolute atomic E-state index is 0.0763. The van der Waals surface area contributed by atoms with Crippen molar-refractivity contribution in [3.63, 3.8) is 0 Å². The highest BCUT2D eigenvalue weighted by atomic mass is 32.2. The molecular weight excluding hydrogens is 272 g/mol. The third-order valence-corrected chi connectivity index (χ3v) is 4.82. The molecule has 0 unspecified atom stereocenters. The van der Waals surface area contributed by atoms with Crippen LogP contribution in [-0.4, -0.2) is 36.4 Å². The van der Waals surface area contributed by atoms with Gasteiger partial charge in [-0.2, -0.15) is 11.8 Å². The van der Waals surface area contributed by atoms with E-state index in [9.17, 15) is 5.11 Å². The van der Waals surface area contributed by atoms with Crippen molar-refractivity contribution in [1.29, 1.82) is 0 Å². The zero-order chi connectivity index (χ0) is 14.6. The molecule has 0 radical (unpaired) electrons. The van der Waals surface area contributed by atoms with E-state index in [1.807, 2.05) is 43.8 Å². The lowest BCUT2D eigenvalue weighted by atomic mass is 9.85. The highest BCUT2D eigenvalue weighted by Crippen LogP contribution is 2.39. The molecule has 112 valence electrons. The van der Waals surface area contributed by atoms with Crippen LogP contribution < -0.4 is 9.47 Å². The van der Waals surface area contributed by atoms with Crippen molar-refractivity contribution in [2.45, 2.75) is 38.2 Å². The van der Waals surface area contributed by atoms with Crippen molar-refractivity contribution in [2.24, 2.45) is 0 Å². The van der Waals surface area contributed by atoms with Gasteiger partial charge >= 0.3 is 0 Å². The fourth-order valence-electron chi connectivity index (χ4n) is 2.41. The predicted octanol–water partition coefficient (Wildman–Crippen LogP) is 3.24. The van der Waals surface area contributed by atoms with Gasteiger partial charge < -0.3 is 14.6 Å². The van der Waals surface area contributed by atoms with E-state index >= 15 is 0 Å². The lowest BCUT2D eigenvalue weighted by Crippen LogP contribution is -2.25. The Morgan fingerprint density at radius 2 is 2.00 bits per heavy atom. The molecule has 0 amide bonds. The van der Waals surface area contributed by atoms with Crippen LogP contribution in [0.25, 0.3) is 0 Å². The molecule has 4 heteroatoms. The first-order valence-electron chi connectivity index (χ1n) is 7.11. The average molecular weight is 296 g/mol. The lowest BCUT2D eigenvalue weighted by Gasteiger charge is -2.28. The van der Waals surface area contributed by atoms with Gasteiger partial charge in [-0.1, -0.05) is 26.0 Å². The van der Waals surface area contributed by atoms with Crippen molar-refractivity contribution in [3.05, 3.63) is 23.8 Å². The molecule has 1 fully saturated rings. The third-order valence-electron chi connectivity index (χ3n) is 3.77. The molecule has 0 atom stereocenters. The van der Waals surface area contributed by atoms with E-state index in [0.717, 1.165) is 41.4 Å². The Balaban J connectivity index is 2.26. The standard InChI is InChI=1S/C16H24O3S/c1-16(2,11-17)13-5-4-6-14(15(13)18-3)19-12-7-9-20-10-8-12/h4-6,12,17H,7-11H2,1-3H3. The summed E-state index contributed by atoms with van der Waals surface area (Å²) in [5.41, 5.74) is 0.651. The Kier molecular flexibility index (Phi) is 5.22. The van der Waals surface area contributed by atoms with E-state index in [1.54, 1.807) is 7.11 Å². The molecule has 0 aliphatic carbocycles. The summed E-state index contributed by atoms with van der Waals surface area (Å²) in [7, 11) is 1.66. The minimum Gasteiger partial charge on any atom is -0.493 e. The summed E-state index contributed by atoms with van der Waals surface area (Å²) < 4.78 is 11.7. The molecule has 0 aromatic heterocycles. The van der Waals surface area contributed by atoms with Crippen molar-refractivity contribution in [1.82, 2.24) is 0 Å². The summed E-state index contributed by atoms with van der Waals surface area (Å²) in [6.45, 7) is 4.09. The van der Waals surface area contributed by atoms with Gasteiger partial charge in [-0.15, -0.1) is 0 Å². The van der Waals surface area contributed by atoms with Crippen LogP contribution in [0, 0.1) is 0 Å². The van der Waals surface area contributed by atoms with Gasteiger partial charge in [0.1, 0.15) is 6.10 Å². The maximum absolute atomic E-state index is 9.58. The zero-order valence-corrected chi connectivity index (χ0v) is 13.3. The highest BCUT2D eigenvalue weighted by Gasteiger charge is 2.26. The van der Waals surface area contributed by atoms with Crippen LogP contribution >= 0.6 is 11.8 Å². The third kappa shape index (κ3) is 3.41. The number of aliphatic hydroxyl groups is 1. The maximum atomic E-state index is 9.58. The van der Waals surface area contributed by atoms with E-state index in [4.69, 9.17) is 9.47 Å². The molecule has 20 heavy (non-hydrogen) atoms. The van der Waals surface area contributed by atoms with Crippen molar-refractivity contribution < 1.29 is 14.6 Å². The number of hydrogen-bond donors (Lipinski definition) is 1. The smallest absolute Gasteiger partial charge is 0.164 e. The fraction of sp³-hybridized carbons (Fsp3) is 0.625. The molecule has 1 saturated heterocycles. The number of rotatable bonds is 5. The Hall–Kier alpha value is -0.870. The monoisotopic (exact) mass is 296 g/mol. The highest BCUT2D eigenvalue weighted by molar-refractivity contribution is 7.99. The van der Waals surface area contributed by atoms with Gasteiger partial charge in [-0.05, 0) is 30.4 Å². The van der Waals surface area contributed by atoms with Gasteiger partial charge in [0.2, 0.25) is 0 Å². The largest absolute Gasteiger partial charge is 0.493 e. The van der Waals surface area contributed by atoms with Crippen LogP contribution in [-0.2, 0) is 5.41 Å². The second-order valence-corrected chi connectivity index (χ2v) is 7.03. The van der Waals surface area contributed by atoms with Crippen LogP contribution in [0.15, 0.2) is 18.2 Å². The summed E-state index contributed by atoms with van der Waals surface area (Å²) >= 11 is 1.99. The number of ether oxygens (including phenoxy) is 2. The van der Waals surface area contributed by atoms with Crippen LogP contribution in [0.2, 0.25) is 0 Å². The first-order valence-corrected chi connectivity index (χ1v) is 8.26. The van der Waals surface area contributed by atoms with Crippen molar-refractivity contribution in [3.8, 4) is 11.5 Å². The quantitative estimate of drug-likeness (QED) is 0.905. The number of methoxy groups -OCH3 is 1. The van der Waals surface area contributed by atoms with Gasteiger partial charge in [-0.25, -0.2) is 0 Å². The van der Waals surface area contributed by atoms with E-state index in [2.05, 4.69) is 0 Å². The van der Waals surface area contributed by atoms with Crippen molar-refractivity contribution >= 4 is 11.8 Å². The first kappa shape index (κ1) is 15.5. The van der Waals surface area contributed by atoms with Gasteiger partial charge in [0.25, 0.3) is 0 Å². The zero-order valence-electron chi connectivity index (χ0n) is 12.5. The number of para-hydroxylation sites is 1. The molecule has 0 bridgehead atoms. The Morgan fingerprint density at radius 3 is 2.60 bits per heavy atom. The van der Waals surface area contributed by atoms with Gasteiger partial charge in [0, 0.05) is 11.0 Å². The summed E-state index contributed by atoms with van der Waals surface area (Å²) in [5, 5.41) is 9.58. The van der Waals surface area contributed by atoms with E-state index in [1.165, 1.54) is 0 Å². The number of thioether (sulfide) groups is 1. The Labute approximate surface area is 125 Å². The maximum Gasteiger partial charge on any atom is 0.164 e. The van der Waals surface area contributed by atoms with Crippen LogP contribution in [0.3, 0.4) is 0 Å². The Morgan fingerprint density at radius 1 is 1.30 bits per heavy atom. The molecule has 3 nitrogen and oxygen atoms in total. The number of benzene rings is 1. The Bertz CT molecular complexity index is 439. The minimum atomic E-state index is -0.340. The molecular formula is C16H24O3S. The summed E-state index contributed by atoms with van der Waals surface area (Å²) in [4.78, 5) is 0. The van der Waals surface area contributed by atoms with Crippen LogP contribution in [0.5, 0.6) is 11.5 Å². The van der Waals surface area contributed by atoms with E-state index in [-0.39, 0.29) is 18.1 Å². The molecule has 0 spiro atoms. The van der Waals surface area contributed by atoms with Crippen LogP contribution in [0.4, 0.5) is 0 Å². The molecule has 0 saturated carbocycles. The molecule has 1 aromatic rings. The molecule has 2 rings (SSSR count).